The van der Waals surface area contributed by atoms with Crippen molar-refractivity contribution in [2.75, 3.05) is 35.6 Å². The second-order valence-corrected chi connectivity index (χ2v) is 9.75. The van der Waals surface area contributed by atoms with Crippen LogP contribution in [-0.4, -0.2) is 53.0 Å². The molecule has 9 nitrogen and oxygen atoms in total. The van der Waals surface area contributed by atoms with Gasteiger partial charge in [-0.05, 0) is 49.2 Å². The molecule has 2 N–H and O–H groups in total. The van der Waals surface area contributed by atoms with Gasteiger partial charge in [0.05, 0.1) is 41.3 Å². The molecule has 34 heavy (non-hydrogen) atoms. The molecule has 2 aromatic carbocycles. The largest absolute Gasteiger partial charge is 0.444 e. The number of anilines is 2. The molecular weight excluding hydrogens is 454 g/mol. The summed E-state index contributed by atoms with van der Waals surface area (Å²) in [4.78, 5) is 43.5. The van der Waals surface area contributed by atoms with Crippen LogP contribution < -0.4 is 21.1 Å². The number of hydrogen-bond donors (Lipinski definition) is 2. The Morgan fingerprint density at radius 2 is 2.12 bits per heavy atom. The predicted octanol–water partition coefficient (Wildman–Crippen LogP) is 2.54. The summed E-state index contributed by atoms with van der Waals surface area (Å²) >= 11 is 1.49. The number of ether oxygens (including phenoxy) is 1. The van der Waals surface area contributed by atoms with E-state index in [1.165, 1.54) is 18.0 Å². The standard InChI is InChI=1S/C24H23N5O4S/c30-21-13-34-20-5-4-15(9-19(20)27-21)28-12-17(33-24(28)32)6-7-25-10-16-8-14-2-1-3-18-23(14)29(16)22(31)11-26-18/h1-5,9,11,16-17,25H,6-8,10,12-13H2,(H,27,30)/t16-,17-/m0/s1. The van der Waals surface area contributed by atoms with E-state index >= 15 is 0 Å². The Kier molecular flexibility index (Phi) is 5.26. The summed E-state index contributed by atoms with van der Waals surface area (Å²) in [5.41, 5.74) is 4.29. The SMILES string of the molecule is O=C1CSc2ccc(N3C[C@H](CCNC[C@@H]4Cc5cccc6ncc(=O)n4c56)OC3=O)cc2N1. The molecule has 1 saturated heterocycles. The normalized spacial score (nSPS) is 21.0. The topological polar surface area (TPSA) is 106 Å². The molecule has 1 aromatic heterocycles. The summed E-state index contributed by atoms with van der Waals surface area (Å²) in [6, 6.07) is 11.6. The number of hydrogen-bond acceptors (Lipinski definition) is 7. The minimum absolute atomic E-state index is 0.0391. The maximum absolute atomic E-state index is 12.5. The Bertz CT molecular complexity index is 1370. The van der Waals surface area contributed by atoms with Crippen LogP contribution in [0.2, 0.25) is 0 Å². The van der Waals surface area contributed by atoms with Crippen LogP contribution in [0.15, 0.2) is 52.3 Å². The number of rotatable bonds is 6. The number of aromatic nitrogens is 2. The van der Waals surface area contributed by atoms with Gasteiger partial charge in [-0.15, -0.1) is 11.8 Å². The van der Waals surface area contributed by atoms with E-state index in [2.05, 4.69) is 21.7 Å². The van der Waals surface area contributed by atoms with Gasteiger partial charge in [0.2, 0.25) is 5.91 Å². The fraction of sp³-hybridized carbons (Fsp3) is 0.333. The van der Waals surface area contributed by atoms with Gasteiger partial charge in [-0.25, -0.2) is 9.78 Å². The molecule has 2 atom stereocenters. The quantitative estimate of drug-likeness (QED) is 0.526. The molecule has 1 fully saturated rings. The third kappa shape index (κ3) is 3.72. The summed E-state index contributed by atoms with van der Waals surface area (Å²) in [6.45, 7) is 1.78. The van der Waals surface area contributed by atoms with Gasteiger partial charge >= 0.3 is 6.09 Å². The number of benzene rings is 2. The number of amides is 2. The van der Waals surface area contributed by atoms with Gasteiger partial charge in [0.25, 0.3) is 5.56 Å². The smallest absolute Gasteiger partial charge is 0.414 e. The van der Waals surface area contributed by atoms with Gasteiger partial charge in [0.1, 0.15) is 6.10 Å². The highest BCUT2D eigenvalue weighted by Crippen LogP contribution is 2.35. The zero-order valence-electron chi connectivity index (χ0n) is 18.3. The molecule has 6 rings (SSSR count). The van der Waals surface area contributed by atoms with Crippen LogP contribution in [0.25, 0.3) is 11.0 Å². The number of nitrogens with zero attached hydrogens (tertiary/aromatic N) is 3. The van der Waals surface area contributed by atoms with Crippen LogP contribution in [0.5, 0.6) is 0 Å². The molecule has 0 radical (unpaired) electrons. The number of cyclic esters (lactones) is 1. The highest BCUT2D eigenvalue weighted by Gasteiger charge is 2.33. The molecule has 0 saturated carbocycles. The van der Waals surface area contributed by atoms with Crippen molar-refractivity contribution >= 4 is 46.2 Å². The molecular formula is C24H23N5O4S. The molecule has 0 unspecified atom stereocenters. The number of nitrogens with one attached hydrogen (secondary N) is 2. The molecule has 4 heterocycles. The van der Waals surface area contributed by atoms with Crippen molar-refractivity contribution < 1.29 is 14.3 Å². The molecule has 0 aliphatic carbocycles. The molecule has 2 amide bonds. The van der Waals surface area contributed by atoms with Crippen LogP contribution in [0, 0.1) is 0 Å². The number of carbonyl (C=O) groups is 2. The summed E-state index contributed by atoms with van der Waals surface area (Å²) in [7, 11) is 0. The lowest BCUT2D eigenvalue weighted by Gasteiger charge is -2.20. The van der Waals surface area contributed by atoms with E-state index in [1.807, 2.05) is 34.9 Å². The van der Waals surface area contributed by atoms with E-state index in [9.17, 15) is 14.4 Å². The molecule has 10 heteroatoms. The zero-order chi connectivity index (χ0) is 23.2. The summed E-state index contributed by atoms with van der Waals surface area (Å²) in [6.07, 6.45) is 2.25. The molecule has 0 spiro atoms. The van der Waals surface area contributed by atoms with Crippen molar-refractivity contribution in [3.8, 4) is 0 Å². The lowest BCUT2D eigenvalue weighted by Crippen LogP contribution is -2.32. The van der Waals surface area contributed by atoms with Crippen LogP contribution >= 0.6 is 11.8 Å². The van der Waals surface area contributed by atoms with E-state index in [-0.39, 0.29) is 29.7 Å². The van der Waals surface area contributed by atoms with Crippen LogP contribution in [0.3, 0.4) is 0 Å². The van der Waals surface area contributed by atoms with Crippen LogP contribution in [0.4, 0.5) is 16.2 Å². The minimum atomic E-state index is -0.378. The Balaban J connectivity index is 1.05. The summed E-state index contributed by atoms with van der Waals surface area (Å²) in [5, 5.41) is 6.29. The van der Waals surface area contributed by atoms with E-state index in [0.29, 0.717) is 37.5 Å². The fourth-order valence-corrected chi connectivity index (χ4v) is 5.73. The highest BCUT2D eigenvalue weighted by atomic mass is 32.2. The van der Waals surface area contributed by atoms with E-state index in [4.69, 9.17) is 4.74 Å². The van der Waals surface area contributed by atoms with Gasteiger partial charge in [-0.3, -0.25) is 14.5 Å². The highest BCUT2D eigenvalue weighted by molar-refractivity contribution is 8.00. The number of para-hydroxylation sites is 1. The Hall–Kier alpha value is -3.37. The van der Waals surface area contributed by atoms with E-state index < -0.39 is 0 Å². The first-order valence-corrected chi connectivity index (χ1v) is 12.3. The average Bonchev–Trinajstić information content (AvgIpc) is 3.40. The van der Waals surface area contributed by atoms with Crippen molar-refractivity contribution in [3.63, 3.8) is 0 Å². The average molecular weight is 478 g/mol. The monoisotopic (exact) mass is 477 g/mol. The Morgan fingerprint density at radius 1 is 1.21 bits per heavy atom. The van der Waals surface area contributed by atoms with E-state index in [0.717, 1.165) is 33.6 Å². The summed E-state index contributed by atoms with van der Waals surface area (Å²) < 4.78 is 7.42. The van der Waals surface area contributed by atoms with Crippen LogP contribution in [-0.2, 0) is 16.0 Å². The molecule has 3 aliphatic heterocycles. The zero-order valence-corrected chi connectivity index (χ0v) is 19.1. The molecule has 3 aliphatic rings. The first-order chi connectivity index (χ1) is 16.6. The third-order valence-corrected chi connectivity index (χ3v) is 7.59. The Labute approximate surface area is 199 Å². The molecule has 3 aromatic rings. The van der Waals surface area contributed by atoms with E-state index in [1.54, 1.807) is 4.90 Å². The number of thioether (sulfide) groups is 1. The predicted molar refractivity (Wildman–Crippen MR) is 130 cm³/mol. The minimum Gasteiger partial charge on any atom is -0.444 e. The summed E-state index contributed by atoms with van der Waals surface area (Å²) in [5.74, 6) is 0.364. The number of fused-ring (bicyclic) bond motifs is 1. The molecule has 0 bridgehead atoms. The van der Waals surface area contributed by atoms with Gasteiger partial charge in [-0.2, -0.15) is 0 Å². The maximum Gasteiger partial charge on any atom is 0.414 e. The van der Waals surface area contributed by atoms with Crippen molar-refractivity contribution in [2.24, 2.45) is 0 Å². The first-order valence-electron chi connectivity index (χ1n) is 11.3. The van der Waals surface area contributed by atoms with Crippen molar-refractivity contribution in [2.45, 2.75) is 29.9 Å². The lowest BCUT2D eigenvalue weighted by atomic mass is 10.1. The van der Waals surface area contributed by atoms with Crippen molar-refractivity contribution in [3.05, 3.63) is 58.5 Å². The van der Waals surface area contributed by atoms with Gasteiger partial charge in [-0.1, -0.05) is 12.1 Å². The van der Waals surface area contributed by atoms with Crippen molar-refractivity contribution in [1.82, 2.24) is 14.9 Å². The van der Waals surface area contributed by atoms with Gasteiger partial charge in [0.15, 0.2) is 0 Å². The second kappa shape index (κ2) is 8.44. The fourth-order valence-electron chi connectivity index (χ4n) is 4.95. The van der Waals surface area contributed by atoms with Gasteiger partial charge < -0.3 is 19.9 Å². The van der Waals surface area contributed by atoms with Crippen molar-refractivity contribution in [1.29, 1.82) is 0 Å². The second-order valence-electron chi connectivity index (χ2n) is 8.74. The van der Waals surface area contributed by atoms with Gasteiger partial charge in [0, 0.05) is 17.1 Å². The maximum atomic E-state index is 12.5. The molecule has 174 valence electrons. The Morgan fingerprint density at radius 3 is 3.03 bits per heavy atom. The first kappa shape index (κ1) is 21.2. The third-order valence-electron chi connectivity index (χ3n) is 6.52. The number of carbonyl (C=O) groups excluding carboxylic acids is 2. The van der Waals surface area contributed by atoms with Crippen LogP contribution in [0.1, 0.15) is 18.0 Å². The lowest BCUT2D eigenvalue weighted by molar-refractivity contribution is -0.113.